The number of amides is 1. The molecule has 0 unspecified atom stereocenters. The molecule has 8 heteroatoms. The van der Waals surface area contributed by atoms with Gasteiger partial charge in [0.2, 0.25) is 0 Å². The summed E-state index contributed by atoms with van der Waals surface area (Å²) in [6, 6.07) is 0. The fraction of sp³-hybridized carbons (Fsp3) is 0.500. The van der Waals surface area contributed by atoms with E-state index in [-0.39, 0.29) is 5.91 Å². The van der Waals surface area contributed by atoms with E-state index in [4.69, 9.17) is 4.74 Å². The molecular formula is C14H19N5O2S. The van der Waals surface area contributed by atoms with Crippen molar-refractivity contribution in [3.63, 3.8) is 0 Å². The van der Waals surface area contributed by atoms with Crippen LogP contribution in [0.2, 0.25) is 0 Å². The number of carbonyl (C=O) groups is 1. The van der Waals surface area contributed by atoms with Gasteiger partial charge < -0.3 is 10.1 Å². The molecule has 1 saturated heterocycles. The third-order valence-corrected chi connectivity index (χ3v) is 4.40. The van der Waals surface area contributed by atoms with E-state index in [1.165, 1.54) is 11.3 Å². The molecule has 0 radical (unpaired) electrons. The SMILES string of the molecule is Cn1cc(-c2nc(C(=O)NCCN3CCOCC3)cs2)cn1. The highest BCUT2D eigenvalue weighted by molar-refractivity contribution is 7.13. The quantitative estimate of drug-likeness (QED) is 0.873. The molecule has 1 fully saturated rings. The number of morpholine rings is 1. The smallest absolute Gasteiger partial charge is 0.270 e. The van der Waals surface area contributed by atoms with Crippen molar-refractivity contribution in [3.05, 3.63) is 23.5 Å². The molecule has 0 atom stereocenters. The van der Waals surface area contributed by atoms with Gasteiger partial charge in [-0.3, -0.25) is 14.4 Å². The molecule has 3 rings (SSSR count). The number of nitrogens with one attached hydrogen (secondary N) is 1. The summed E-state index contributed by atoms with van der Waals surface area (Å²) in [6.07, 6.45) is 3.64. The van der Waals surface area contributed by atoms with Crippen LogP contribution in [0.4, 0.5) is 0 Å². The molecule has 22 heavy (non-hydrogen) atoms. The van der Waals surface area contributed by atoms with Gasteiger partial charge in [-0.05, 0) is 0 Å². The zero-order chi connectivity index (χ0) is 15.4. The minimum atomic E-state index is -0.125. The molecule has 3 heterocycles. The van der Waals surface area contributed by atoms with Crippen molar-refractivity contribution in [2.75, 3.05) is 39.4 Å². The van der Waals surface area contributed by atoms with E-state index >= 15 is 0 Å². The van der Waals surface area contributed by atoms with Gasteiger partial charge in [-0.15, -0.1) is 11.3 Å². The average Bonchev–Trinajstić information content (AvgIpc) is 3.17. The predicted molar refractivity (Wildman–Crippen MR) is 83.9 cm³/mol. The Kier molecular flexibility index (Phi) is 4.81. The maximum atomic E-state index is 12.1. The van der Waals surface area contributed by atoms with Crippen molar-refractivity contribution in [2.24, 2.45) is 7.05 Å². The Hall–Kier alpha value is -1.77. The molecule has 1 N–H and O–H groups in total. The summed E-state index contributed by atoms with van der Waals surface area (Å²) in [5.41, 5.74) is 1.39. The summed E-state index contributed by atoms with van der Waals surface area (Å²) in [6.45, 7) is 4.87. The van der Waals surface area contributed by atoms with Crippen LogP contribution in [0, 0.1) is 0 Å². The first-order valence-corrected chi connectivity index (χ1v) is 8.13. The fourth-order valence-electron chi connectivity index (χ4n) is 2.29. The van der Waals surface area contributed by atoms with E-state index in [1.54, 1.807) is 16.3 Å². The number of aromatic nitrogens is 3. The number of rotatable bonds is 5. The number of thiazole rings is 1. The van der Waals surface area contributed by atoms with E-state index in [0.29, 0.717) is 12.2 Å². The number of aryl methyl sites for hydroxylation is 1. The van der Waals surface area contributed by atoms with E-state index in [2.05, 4.69) is 20.3 Å². The third-order valence-electron chi connectivity index (χ3n) is 3.51. The second-order valence-electron chi connectivity index (χ2n) is 5.15. The Bertz CT molecular complexity index is 633. The summed E-state index contributed by atoms with van der Waals surface area (Å²) in [4.78, 5) is 18.8. The first-order chi connectivity index (χ1) is 10.7. The Balaban J connectivity index is 1.51. The van der Waals surface area contributed by atoms with Crippen LogP contribution in [-0.4, -0.2) is 65.0 Å². The fourth-order valence-corrected chi connectivity index (χ4v) is 3.06. The first-order valence-electron chi connectivity index (χ1n) is 7.25. The van der Waals surface area contributed by atoms with Crippen molar-refractivity contribution in [3.8, 4) is 10.6 Å². The highest BCUT2D eigenvalue weighted by Gasteiger charge is 2.14. The van der Waals surface area contributed by atoms with Crippen LogP contribution >= 0.6 is 11.3 Å². The second-order valence-corrected chi connectivity index (χ2v) is 6.01. The van der Waals surface area contributed by atoms with Crippen LogP contribution in [0.15, 0.2) is 17.8 Å². The molecule has 1 aliphatic rings. The number of carbonyl (C=O) groups excluding carboxylic acids is 1. The van der Waals surface area contributed by atoms with Gasteiger partial charge in [0.15, 0.2) is 0 Å². The van der Waals surface area contributed by atoms with Crippen LogP contribution in [-0.2, 0) is 11.8 Å². The molecule has 1 aliphatic heterocycles. The summed E-state index contributed by atoms with van der Waals surface area (Å²) in [5, 5.41) is 9.63. The van der Waals surface area contributed by atoms with Gasteiger partial charge in [0.1, 0.15) is 10.7 Å². The second kappa shape index (κ2) is 6.99. The molecule has 7 nitrogen and oxygen atoms in total. The summed E-state index contributed by atoms with van der Waals surface area (Å²) < 4.78 is 7.02. The molecule has 0 saturated carbocycles. The van der Waals surface area contributed by atoms with Gasteiger partial charge in [0, 0.05) is 50.4 Å². The Labute approximate surface area is 132 Å². The molecule has 0 aromatic carbocycles. The molecule has 0 spiro atoms. The Morgan fingerprint density at radius 1 is 1.45 bits per heavy atom. The molecule has 118 valence electrons. The standard InChI is InChI=1S/C14H19N5O2S/c1-18-9-11(8-16-18)14-17-12(10-22-14)13(20)15-2-3-19-4-6-21-7-5-19/h8-10H,2-7H2,1H3,(H,15,20). The third kappa shape index (κ3) is 3.70. The highest BCUT2D eigenvalue weighted by Crippen LogP contribution is 2.22. The maximum absolute atomic E-state index is 12.1. The minimum Gasteiger partial charge on any atom is -0.379 e. The van der Waals surface area contributed by atoms with Crippen molar-refractivity contribution < 1.29 is 9.53 Å². The summed E-state index contributed by atoms with van der Waals surface area (Å²) >= 11 is 1.45. The van der Waals surface area contributed by atoms with E-state index in [9.17, 15) is 4.79 Å². The van der Waals surface area contributed by atoms with Crippen LogP contribution in [0.3, 0.4) is 0 Å². The van der Waals surface area contributed by atoms with E-state index in [0.717, 1.165) is 43.4 Å². The van der Waals surface area contributed by atoms with Gasteiger partial charge in [-0.25, -0.2) is 4.98 Å². The van der Waals surface area contributed by atoms with Gasteiger partial charge in [0.25, 0.3) is 5.91 Å². The summed E-state index contributed by atoms with van der Waals surface area (Å²) in [7, 11) is 1.86. The van der Waals surface area contributed by atoms with Crippen LogP contribution < -0.4 is 5.32 Å². The summed E-state index contributed by atoms with van der Waals surface area (Å²) in [5.74, 6) is -0.125. The lowest BCUT2D eigenvalue weighted by Crippen LogP contribution is -2.41. The van der Waals surface area contributed by atoms with E-state index < -0.39 is 0 Å². The maximum Gasteiger partial charge on any atom is 0.270 e. The number of hydrogen-bond donors (Lipinski definition) is 1. The normalized spacial score (nSPS) is 15.9. The zero-order valence-corrected chi connectivity index (χ0v) is 13.3. The number of nitrogens with zero attached hydrogens (tertiary/aromatic N) is 4. The lowest BCUT2D eigenvalue weighted by molar-refractivity contribution is 0.0383. The topological polar surface area (TPSA) is 72.3 Å². The number of ether oxygens (including phenoxy) is 1. The van der Waals surface area contributed by atoms with Crippen molar-refractivity contribution >= 4 is 17.2 Å². The van der Waals surface area contributed by atoms with Crippen LogP contribution in [0.25, 0.3) is 10.6 Å². The van der Waals surface area contributed by atoms with Crippen molar-refractivity contribution in [2.45, 2.75) is 0 Å². The lowest BCUT2D eigenvalue weighted by atomic mass is 10.3. The van der Waals surface area contributed by atoms with Gasteiger partial charge >= 0.3 is 0 Å². The molecule has 0 aliphatic carbocycles. The monoisotopic (exact) mass is 321 g/mol. The minimum absolute atomic E-state index is 0.125. The molecule has 2 aromatic rings. The largest absolute Gasteiger partial charge is 0.379 e. The lowest BCUT2D eigenvalue weighted by Gasteiger charge is -2.26. The Morgan fingerprint density at radius 3 is 3.00 bits per heavy atom. The molecular weight excluding hydrogens is 302 g/mol. The first kappa shape index (κ1) is 15.1. The predicted octanol–water partition coefficient (Wildman–Crippen LogP) is 0.606. The van der Waals surface area contributed by atoms with Gasteiger partial charge in [-0.1, -0.05) is 0 Å². The Morgan fingerprint density at radius 2 is 2.27 bits per heavy atom. The average molecular weight is 321 g/mol. The molecule has 1 amide bonds. The van der Waals surface area contributed by atoms with Crippen LogP contribution in [0.1, 0.15) is 10.5 Å². The number of hydrogen-bond acceptors (Lipinski definition) is 6. The highest BCUT2D eigenvalue weighted by atomic mass is 32.1. The van der Waals surface area contributed by atoms with Crippen molar-refractivity contribution in [1.82, 2.24) is 25.0 Å². The zero-order valence-electron chi connectivity index (χ0n) is 12.5. The van der Waals surface area contributed by atoms with Crippen LogP contribution in [0.5, 0.6) is 0 Å². The molecule has 0 bridgehead atoms. The van der Waals surface area contributed by atoms with Crippen molar-refractivity contribution in [1.29, 1.82) is 0 Å². The van der Waals surface area contributed by atoms with Gasteiger partial charge in [-0.2, -0.15) is 5.10 Å². The molecule has 2 aromatic heterocycles. The van der Waals surface area contributed by atoms with E-state index in [1.807, 2.05) is 13.2 Å². The van der Waals surface area contributed by atoms with Gasteiger partial charge in [0.05, 0.1) is 19.4 Å².